The van der Waals surface area contributed by atoms with Crippen molar-refractivity contribution < 1.29 is 9.53 Å². The van der Waals surface area contributed by atoms with Crippen molar-refractivity contribution in [3.8, 4) is 0 Å². The molecule has 0 saturated heterocycles. The zero-order chi connectivity index (χ0) is 19.2. The molecule has 0 aliphatic heterocycles. The largest absolute Gasteiger partial charge is 0.375 e. The van der Waals surface area contributed by atoms with Gasteiger partial charge in [0, 0.05) is 6.92 Å². The van der Waals surface area contributed by atoms with E-state index in [2.05, 4.69) is 73.8 Å². The van der Waals surface area contributed by atoms with Crippen molar-refractivity contribution in [1.29, 1.82) is 0 Å². The highest BCUT2D eigenvalue weighted by atomic mass is 16.5. The topological polar surface area (TPSA) is 38.3 Å². The Morgan fingerprint density at radius 2 is 1.70 bits per heavy atom. The smallest absolute Gasteiger partial charge is 0.217 e. The molecule has 0 aliphatic rings. The van der Waals surface area contributed by atoms with Gasteiger partial charge in [-0.15, -0.1) is 0 Å². The number of rotatable bonds is 7. The molecular formula is C24H27NO2. The first kappa shape index (κ1) is 19.1. The highest BCUT2D eigenvalue weighted by Gasteiger charge is 2.13. The van der Waals surface area contributed by atoms with Gasteiger partial charge in [0.1, 0.15) is 0 Å². The van der Waals surface area contributed by atoms with E-state index in [1.807, 2.05) is 6.07 Å². The Bertz CT molecular complexity index is 907. The highest BCUT2D eigenvalue weighted by Crippen LogP contribution is 2.20. The van der Waals surface area contributed by atoms with Crippen LogP contribution in [0, 0.1) is 13.8 Å². The minimum Gasteiger partial charge on any atom is -0.375 e. The van der Waals surface area contributed by atoms with Gasteiger partial charge in [-0.3, -0.25) is 4.79 Å². The molecule has 140 valence electrons. The summed E-state index contributed by atoms with van der Waals surface area (Å²) in [6.45, 7) is 6.78. The first-order valence-corrected chi connectivity index (χ1v) is 9.40. The van der Waals surface area contributed by atoms with Crippen LogP contribution in [0.3, 0.4) is 0 Å². The average Bonchev–Trinajstić information content (AvgIpc) is 2.60. The van der Waals surface area contributed by atoms with Crippen LogP contribution in [0.5, 0.6) is 0 Å². The SMILES string of the molecule is CC(=O)NC(COCc1cc(C)cc(C)c1)Cc1cccc2ccccc12. The van der Waals surface area contributed by atoms with Crippen LogP contribution in [0.15, 0.2) is 60.7 Å². The van der Waals surface area contributed by atoms with E-state index < -0.39 is 0 Å². The summed E-state index contributed by atoms with van der Waals surface area (Å²) in [4.78, 5) is 11.7. The molecule has 27 heavy (non-hydrogen) atoms. The minimum absolute atomic E-state index is 0.0322. The Balaban J connectivity index is 1.69. The first-order valence-electron chi connectivity index (χ1n) is 9.40. The van der Waals surface area contributed by atoms with Gasteiger partial charge in [0.05, 0.1) is 19.3 Å². The normalized spacial score (nSPS) is 12.1. The van der Waals surface area contributed by atoms with E-state index in [0.29, 0.717) is 13.2 Å². The monoisotopic (exact) mass is 361 g/mol. The van der Waals surface area contributed by atoms with E-state index in [1.54, 1.807) is 6.92 Å². The Morgan fingerprint density at radius 1 is 1.00 bits per heavy atom. The van der Waals surface area contributed by atoms with Crippen molar-refractivity contribution in [3.63, 3.8) is 0 Å². The van der Waals surface area contributed by atoms with Crippen molar-refractivity contribution in [1.82, 2.24) is 5.32 Å². The third-order valence-electron chi connectivity index (χ3n) is 4.62. The third-order valence-corrected chi connectivity index (χ3v) is 4.62. The van der Waals surface area contributed by atoms with Crippen LogP contribution in [0.4, 0.5) is 0 Å². The maximum Gasteiger partial charge on any atom is 0.217 e. The van der Waals surface area contributed by atoms with Crippen LogP contribution in [-0.2, 0) is 22.6 Å². The second-order valence-corrected chi connectivity index (χ2v) is 7.25. The molecule has 1 unspecified atom stereocenters. The average molecular weight is 361 g/mol. The van der Waals surface area contributed by atoms with Crippen LogP contribution in [0.2, 0.25) is 0 Å². The number of fused-ring (bicyclic) bond motifs is 1. The van der Waals surface area contributed by atoms with Crippen molar-refractivity contribution in [2.45, 2.75) is 39.8 Å². The number of aryl methyl sites for hydroxylation is 2. The fraction of sp³-hybridized carbons (Fsp3) is 0.292. The number of nitrogens with one attached hydrogen (secondary N) is 1. The lowest BCUT2D eigenvalue weighted by Gasteiger charge is -2.19. The Kier molecular flexibility index (Phi) is 6.25. The van der Waals surface area contributed by atoms with E-state index in [0.717, 1.165) is 6.42 Å². The van der Waals surface area contributed by atoms with Crippen molar-refractivity contribution in [3.05, 3.63) is 82.9 Å². The van der Waals surface area contributed by atoms with Gasteiger partial charge in [0.2, 0.25) is 5.91 Å². The number of amides is 1. The zero-order valence-electron chi connectivity index (χ0n) is 16.3. The van der Waals surface area contributed by atoms with E-state index in [-0.39, 0.29) is 11.9 Å². The summed E-state index contributed by atoms with van der Waals surface area (Å²) in [5.74, 6) is -0.0322. The van der Waals surface area contributed by atoms with Gasteiger partial charge in [0.15, 0.2) is 0 Å². The molecule has 1 amide bonds. The van der Waals surface area contributed by atoms with E-state index in [4.69, 9.17) is 4.74 Å². The van der Waals surface area contributed by atoms with Gasteiger partial charge in [-0.1, -0.05) is 71.8 Å². The van der Waals surface area contributed by atoms with Crippen LogP contribution in [0.25, 0.3) is 10.8 Å². The second-order valence-electron chi connectivity index (χ2n) is 7.25. The Labute approximate surface area is 161 Å². The standard InChI is InChI=1S/C24H27NO2/c1-17-11-18(2)13-20(12-17)15-27-16-23(25-19(3)26)14-22-9-6-8-21-7-4-5-10-24(21)22/h4-13,23H,14-16H2,1-3H3,(H,25,26). The van der Waals surface area contributed by atoms with Crippen molar-refractivity contribution in [2.24, 2.45) is 0 Å². The van der Waals surface area contributed by atoms with Gasteiger partial charge in [-0.25, -0.2) is 0 Å². The summed E-state index contributed by atoms with van der Waals surface area (Å²) in [6, 6.07) is 21.0. The number of hydrogen-bond donors (Lipinski definition) is 1. The molecule has 3 nitrogen and oxygen atoms in total. The van der Waals surface area contributed by atoms with Crippen molar-refractivity contribution in [2.75, 3.05) is 6.61 Å². The molecule has 0 aromatic heterocycles. The van der Waals surface area contributed by atoms with Gasteiger partial charge in [-0.05, 0) is 42.2 Å². The molecule has 3 aromatic rings. The van der Waals surface area contributed by atoms with Crippen LogP contribution < -0.4 is 5.32 Å². The lowest BCUT2D eigenvalue weighted by atomic mass is 9.99. The van der Waals surface area contributed by atoms with E-state index in [9.17, 15) is 4.79 Å². The second kappa shape index (κ2) is 8.83. The Hall–Kier alpha value is -2.65. The molecule has 3 rings (SSSR count). The molecule has 0 fully saturated rings. The minimum atomic E-state index is -0.0563. The molecule has 1 atom stereocenters. The predicted octanol–water partition coefficient (Wildman–Crippen LogP) is 4.72. The van der Waals surface area contributed by atoms with Gasteiger partial charge in [0.25, 0.3) is 0 Å². The third kappa shape index (κ3) is 5.41. The molecule has 3 heteroatoms. The number of hydrogen-bond acceptors (Lipinski definition) is 2. The molecule has 0 bridgehead atoms. The van der Waals surface area contributed by atoms with Crippen LogP contribution >= 0.6 is 0 Å². The lowest BCUT2D eigenvalue weighted by Crippen LogP contribution is -2.38. The molecular weight excluding hydrogens is 334 g/mol. The molecule has 0 spiro atoms. The number of benzene rings is 3. The molecule has 1 N–H and O–H groups in total. The predicted molar refractivity (Wildman–Crippen MR) is 111 cm³/mol. The van der Waals surface area contributed by atoms with Crippen LogP contribution in [-0.4, -0.2) is 18.6 Å². The molecule has 0 saturated carbocycles. The summed E-state index contributed by atoms with van der Waals surface area (Å²) < 4.78 is 5.96. The summed E-state index contributed by atoms with van der Waals surface area (Å²) >= 11 is 0. The molecule has 3 aromatic carbocycles. The quantitative estimate of drug-likeness (QED) is 0.661. The molecule has 0 heterocycles. The summed E-state index contributed by atoms with van der Waals surface area (Å²) in [5.41, 5.74) is 4.87. The maximum atomic E-state index is 11.7. The van der Waals surface area contributed by atoms with E-state index >= 15 is 0 Å². The fourth-order valence-electron chi connectivity index (χ4n) is 3.65. The fourth-order valence-corrected chi connectivity index (χ4v) is 3.65. The van der Waals surface area contributed by atoms with E-state index in [1.165, 1.54) is 33.0 Å². The first-order chi connectivity index (χ1) is 13.0. The Morgan fingerprint density at radius 3 is 2.44 bits per heavy atom. The summed E-state index contributed by atoms with van der Waals surface area (Å²) in [5, 5.41) is 5.48. The van der Waals surface area contributed by atoms with Gasteiger partial charge < -0.3 is 10.1 Å². The number of carbonyl (C=O) groups is 1. The maximum absolute atomic E-state index is 11.7. The lowest BCUT2D eigenvalue weighted by molar-refractivity contribution is -0.120. The van der Waals surface area contributed by atoms with Crippen LogP contribution in [0.1, 0.15) is 29.2 Å². The summed E-state index contributed by atoms with van der Waals surface area (Å²) in [7, 11) is 0. The highest BCUT2D eigenvalue weighted by molar-refractivity contribution is 5.85. The molecule has 0 radical (unpaired) electrons. The summed E-state index contributed by atoms with van der Waals surface area (Å²) in [6.07, 6.45) is 0.744. The number of carbonyl (C=O) groups excluding carboxylic acids is 1. The van der Waals surface area contributed by atoms with Crippen molar-refractivity contribution >= 4 is 16.7 Å². The zero-order valence-corrected chi connectivity index (χ0v) is 16.3. The van der Waals surface area contributed by atoms with Gasteiger partial charge in [-0.2, -0.15) is 0 Å². The molecule has 0 aliphatic carbocycles. The van der Waals surface area contributed by atoms with Gasteiger partial charge >= 0.3 is 0 Å². The number of ether oxygens (including phenoxy) is 1.